The van der Waals surface area contributed by atoms with Crippen LogP contribution in [0.2, 0.25) is 0 Å². The van der Waals surface area contributed by atoms with Gasteiger partial charge in [0.05, 0.1) is 6.54 Å². The zero-order valence-corrected chi connectivity index (χ0v) is 17.1. The molecule has 2 heterocycles. The van der Waals surface area contributed by atoms with E-state index >= 15 is 0 Å². The third-order valence-electron chi connectivity index (χ3n) is 3.63. The van der Waals surface area contributed by atoms with Gasteiger partial charge in [0.25, 0.3) is 0 Å². The van der Waals surface area contributed by atoms with Crippen LogP contribution in [0.3, 0.4) is 0 Å². The molecule has 1 aliphatic rings. The first-order chi connectivity index (χ1) is 10.6. The molecule has 0 aromatic carbocycles. The van der Waals surface area contributed by atoms with Crippen molar-refractivity contribution in [2.45, 2.75) is 45.7 Å². The monoisotopic (exact) mass is 451 g/mol. The van der Waals surface area contributed by atoms with Gasteiger partial charge in [0.2, 0.25) is 5.91 Å². The predicted octanol–water partition coefficient (Wildman–Crippen LogP) is 2.00. The largest absolute Gasteiger partial charge is 0.357 e. The van der Waals surface area contributed by atoms with Crippen molar-refractivity contribution in [3.05, 3.63) is 16.1 Å². The second-order valence-electron chi connectivity index (χ2n) is 5.42. The number of likely N-dealkylation sites (N-methyl/N-ethyl adjacent to an activating group) is 1. The van der Waals surface area contributed by atoms with E-state index in [4.69, 9.17) is 0 Å². The minimum Gasteiger partial charge on any atom is -0.357 e. The van der Waals surface area contributed by atoms with Gasteiger partial charge in [-0.15, -0.1) is 35.3 Å². The molecule has 1 amide bonds. The van der Waals surface area contributed by atoms with Crippen molar-refractivity contribution in [2.75, 3.05) is 20.1 Å². The molecule has 2 N–H and O–H groups in total. The zero-order valence-electron chi connectivity index (χ0n) is 14.0. The molecule has 0 aliphatic carbocycles. The number of thiazole rings is 1. The summed E-state index contributed by atoms with van der Waals surface area (Å²) in [5.41, 5.74) is 0. The lowest BCUT2D eigenvalue weighted by atomic mass is 10.1. The number of nitrogens with zero attached hydrogens (tertiary/aromatic N) is 3. The van der Waals surface area contributed by atoms with Crippen LogP contribution in [0.4, 0.5) is 0 Å². The Balaban J connectivity index is 0.00000264. The molecule has 2 rings (SSSR count). The van der Waals surface area contributed by atoms with Crippen LogP contribution in [0.25, 0.3) is 0 Å². The van der Waals surface area contributed by atoms with E-state index in [9.17, 15) is 4.79 Å². The van der Waals surface area contributed by atoms with Gasteiger partial charge in [0.1, 0.15) is 5.01 Å². The number of nitrogens with one attached hydrogen (secondary N) is 2. The second-order valence-corrected chi connectivity index (χ2v) is 6.62. The first kappa shape index (κ1) is 20.1. The maximum Gasteiger partial charge on any atom is 0.222 e. The van der Waals surface area contributed by atoms with E-state index in [1.165, 1.54) is 4.88 Å². The van der Waals surface area contributed by atoms with Crippen molar-refractivity contribution in [1.29, 1.82) is 0 Å². The summed E-state index contributed by atoms with van der Waals surface area (Å²) in [5.74, 6) is 1.01. The van der Waals surface area contributed by atoms with E-state index in [0.717, 1.165) is 36.9 Å². The van der Waals surface area contributed by atoms with Crippen LogP contribution in [-0.2, 0) is 17.8 Å². The molecule has 1 saturated heterocycles. The fourth-order valence-corrected chi connectivity index (χ4v) is 3.16. The highest BCUT2D eigenvalue weighted by Crippen LogP contribution is 2.14. The van der Waals surface area contributed by atoms with Crippen molar-refractivity contribution >= 4 is 47.2 Å². The Morgan fingerprint density at radius 1 is 1.52 bits per heavy atom. The maximum absolute atomic E-state index is 11.5. The van der Waals surface area contributed by atoms with Crippen molar-refractivity contribution in [3.63, 3.8) is 0 Å². The Morgan fingerprint density at radius 2 is 2.30 bits per heavy atom. The average Bonchev–Trinajstić information content (AvgIpc) is 2.97. The predicted molar refractivity (Wildman–Crippen MR) is 106 cm³/mol. The van der Waals surface area contributed by atoms with Gasteiger partial charge in [-0.1, -0.05) is 6.92 Å². The Kier molecular flexibility index (Phi) is 8.82. The molecular weight excluding hydrogens is 425 g/mol. The topological polar surface area (TPSA) is 69.6 Å². The minimum absolute atomic E-state index is 0. The number of amides is 1. The average molecular weight is 451 g/mol. The SMILES string of the molecule is CCNC(=NCc1ncc(CC)s1)NC1CCC(=O)N(C)C1.I. The third kappa shape index (κ3) is 6.25. The lowest BCUT2D eigenvalue weighted by Gasteiger charge is -2.31. The van der Waals surface area contributed by atoms with E-state index in [1.807, 2.05) is 20.2 Å². The van der Waals surface area contributed by atoms with Crippen molar-refractivity contribution in [2.24, 2.45) is 4.99 Å². The number of carbonyl (C=O) groups is 1. The first-order valence-electron chi connectivity index (χ1n) is 7.84. The number of rotatable bonds is 5. The van der Waals surface area contributed by atoms with Crippen LogP contribution in [0, 0.1) is 0 Å². The van der Waals surface area contributed by atoms with Crippen molar-refractivity contribution < 1.29 is 4.79 Å². The number of likely N-dealkylation sites (tertiary alicyclic amines) is 1. The number of aromatic nitrogens is 1. The lowest BCUT2D eigenvalue weighted by molar-refractivity contribution is -0.132. The minimum atomic E-state index is 0. The molecule has 0 saturated carbocycles. The Bertz CT molecular complexity index is 534. The number of guanidine groups is 1. The van der Waals surface area contributed by atoms with Crippen LogP contribution in [-0.4, -0.2) is 47.9 Å². The Morgan fingerprint density at radius 3 is 2.91 bits per heavy atom. The zero-order chi connectivity index (χ0) is 15.9. The maximum atomic E-state index is 11.5. The Labute approximate surface area is 159 Å². The number of aliphatic imine (C=N–C) groups is 1. The van der Waals surface area contributed by atoms with Gasteiger partial charge in [-0.05, 0) is 19.8 Å². The van der Waals surface area contributed by atoms with Crippen LogP contribution >= 0.6 is 35.3 Å². The quantitative estimate of drug-likeness (QED) is 0.408. The summed E-state index contributed by atoms with van der Waals surface area (Å²) >= 11 is 1.71. The molecule has 130 valence electrons. The van der Waals surface area contributed by atoms with Gasteiger partial charge in [-0.2, -0.15) is 0 Å². The van der Waals surface area contributed by atoms with E-state index in [0.29, 0.717) is 13.0 Å². The van der Waals surface area contributed by atoms with Gasteiger partial charge in [0.15, 0.2) is 5.96 Å². The molecule has 8 heteroatoms. The van der Waals surface area contributed by atoms with Crippen molar-refractivity contribution in [3.8, 4) is 0 Å². The molecule has 0 bridgehead atoms. The van der Waals surface area contributed by atoms with Crippen LogP contribution in [0.1, 0.15) is 36.6 Å². The molecule has 1 fully saturated rings. The standard InChI is InChI=1S/C15H25N5OS.HI/c1-4-12-8-17-13(22-12)9-18-15(16-5-2)19-11-6-7-14(21)20(3)10-11;/h8,11H,4-7,9-10H2,1-3H3,(H2,16,18,19);1H. The van der Waals surface area contributed by atoms with E-state index in [-0.39, 0.29) is 35.9 Å². The summed E-state index contributed by atoms with van der Waals surface area (Å²) < 4.78 is 0. The smallest absolute Gasteiger partial charge is 0.222 e. The normalized spacial score (nSPS) is 18.6. The van der Waals surface area contributed by atoms with Gasteiger partial charge in [-0.25, -0.2) is 9.98 Å². The summed E-state index contributed by atoms with van der Waals surface area (Å²) in [6, 6.07) is 0.253. The number of aryl methyl sites for hydroxylation is 1. The molecule has 1 atom stereocenters. The van der Waals surface area contributed by atoms with Gasteiger partial charge in [0, 0.05) is 43.7 Å². The highest BCUT2D eigenvalue weighted by Gasteiger charge is 2.23. The molecule has 6 nitrogen and oxygen atoms in total. The first-order valence-corrected chi connectivity index (χ1v) is 8.66. The fraction of sp³-hybridized carbons (Fsp3) is 0.667. The summed E-state index contributed by atoms with van der Waals surface area (Å²) in [4.78, 5) is 23.6. The number of carbonyl (C=O) groups excluding carboxylic acids is 1. The summed E-state index contributed by atoms with van der Waals surface area (Å²) in [7, 11) is 1.85. The molecule has 1 unspecified atom stereocenters. The molecule has 1 aromatic heterocycles. The highest BCUT2D eigenvalue weighted by molar-refractivity contribution is 14.0. The van der Waals surface area contributed by atoms with Gasteiger partial charge < -0.3 is 15.5 Å². The van der Waals surface area contributed by atoms with Crippen LogP contribution in [0.15, 0.2) is 11.2 Å². The van der Waals surface area contributed by atoms with Gasteiger partial charge >= 0.3 is 0 Å². The summed E-state index contributed by atoms with van der Waals surface area (Å²) in [6.07, 6.45) is 4.39. The molecule has 23 heavy (non-hydrogen) atoms. The third-order valence-corrected chi connectivity index (χ3v) is 4.76. The van der Waals surface area contributed by atoms with Crippen LogP contribution in [0.5, 0.6) is 0 Å². The highest BCUT2D eigenvalue weighted by atomic mass is 127. The number of halogens is 1. The van der Waals surface area contributed by atoms with Crippen molar-refractivity contribution in [1.82, 2.24) is 20.5 Å². The molecule has 1 aliphatic heterocycles. The van der Waals surface area contributed by atoms with E-state index in [1.54, 1.807) is 16.2 Å². The summed E-state index contributed by atoms with van der Waals surface area (Å²) in [5, 5.41) is 7.71. The molecule has 0 radical (unpaired) electrons. The summed E-state index contributed by atoms with van der Waals surface area (Å²) in [6.45, 7) is 6.30. The molecule has 0 spiro atoms. The number of hydrogen-bond acceptors (Lipinski definition) is 4. The van der Waals surface area contributed by atoms with E-state index in [2.05, 4.69) is 27.5 Å². The number of hydrogen-bond donors (Lipinski definition) is 2. The fourth-order valence-electron chi connectivity index (χ4n) is 2.37. The lowest BCUT2D eigenvalue weighted by Crippen LogP contribution is -2.51. The van der Waals surface area contributed by atoms with E-state index < -0.39 is 0 Å². The number of piperidine rings is 1. The second kappa shape index (κ2) is 10.1. The molecule has 1 aromatic rings. The molecular formula is C15H26IN5OS. The van der Waals surface area contributed by atoms with Gasteiger partial charge in [-0.3, -0.25) is 4.79 Å². The van der Waals surface area contributed by atoms with Crippen LogP contribution < -0.4 is 10.6 Å². The Hall–Kier alpha value is -0.900.